The molecule has 27 heavy (non-hydrogen) atoms. The van der Waals surface area contributed by atoms with Crippen LogP contribution in [0, 0.1) is 0 Å². The summed E-state index contributed by atoms with van der Waals surface area (Å²) < 4.78 is 49.9. The zero-order valence-corrected chi connectivity index (χ0v) is 15.6. The SMILES string of the molecule is COc1ccc(Cl)cc1N1C(c2cc(C(F)(F)F)ccc2Cl)OC(=O)N1C. The molecule has 0 N–H and O–H groups in total. The van der Waals surface area contributed by atoms with Gasteiger partial charge in [-0.2, -0.15) is 13.2 Å². The highest BCUT2D eigenvalue weighted by atomic mass is 35.5. The lowest BCUT2D eigenvalue weighted by Gasteiger charge is -2.30. The first-order valence-corrected chi connectivity index (χ1v) is 8.32. The van der Waals surface area contributed by atoms with Gasteiger partial charge in [0.25, 0.3) is 0 Å². The first-order chi connectivity index (χ1) is 12.6. The molecule has 10 heteroatoms. The molecule has 2 aromatic rings. The molecule has 0 bridgehead atoms. The maximum absolute atomic E-state index is 13.1. The fraction of sp³-hybridized carbons (Fsp3) is 0.235. The molecular weight excluding hydrogens is 408 g/mol. The van der Waals surface area contributed by atoms with Crippen LogP contribution in [0.5, 0.6) is 5.75 Å². The van der Waals surface area contributed by atoms with E-state index in [1.54, 1.807) is 12.1 Å². The molecule has 1 heterocycles. The standard InChI is InChI=1S/C17H13Cl2F3N2O3/c1-23-16(25)27-15(11-7-9(17(20,21)22)3-5-12(11)19)24(23)13-8-10(18)4-6-14(13)26-2/h3-8,15H,1-2H3. The molecular formula is C17H13Cl2F3N2O3. The zero-order valence-electron chi connectivity index (χ0n) is 14.1. The molecule has 1 atom stereocenters. The minimum Gasteiger partial charge on any atom is -0.495 e. The molecule has 144 valence electrons. The number of methoxy groups -OCH3 is 1. The van der Waals surface area contributed by atoms with E-state index in [0.717, 1.165) is 23.2 Å². The van der Waals surface area contributed by atoms with Crippen LogP contribution in [0.3, 0.4) is 0 Å². The average molecular weight is 421 g/mol. The number of carbonyl (C=O) groups excluding carboxylic acids is 1. The first kappa shape index (κ1) is 19.4. The lowest BCUT2D eigenvalue weighted by molar-refractivity contribution is -0.137. The van der Waals surface area contributed by atoms with Crippen LogP contribution in [-0.4, -0.2) is 25.3 Å². The van der Waals surface area contributed by atoms with E-state index in [2.05, 4.69) is 0 Å². The molecule has 1 fully saturated rings. The molecule has 3 rings (SSSR count). The third kappa shape index (κ3) is 3.59. The molecule has 0 radical (unpaired) electrons. The van der Waals surface area contributed by atoms with Crippen LogP contribution in [0.1, 0.15) is 17.4 Å². The summed E-state index contributed by atoms with van der Waals surface area (Å²) in [4.78, 5) is 12.1. The molecule has 2 aromatic carbocycles. The second-order valence-electron chi connectivity index (χ2n) is 5.65. The molecule has 0 aromatic heterocycles. The fourth-order valence-electron chi connectivity index (χ4n) is 2.70. The van der Waals surface area contributed by atoms with Gasteiger partial charge < -0.3 is 9.47 Å². The Balaban J connectivity index is 2.15. The largest absolute Gasteiger partial charge is 0.495 e. The number of ether oxygens (including phenoxy) is 2. The summed E-state index contributed by atoms with van der Waals surface area (Å²) in [5, 5.41) is 2.79. The molecule has 1 unspecified atom stereocenters. The number of hydrogen-bond acceptors (Lipinski definition) is 4. The highest BCUT2D eigenvalue weighted by Gasteiger charge is 2.42. The van der Waals surface area contributed by atoms with Crippen LogP contribution < -0.4 is 9.75 Å². The van der Waals surface area contributed by atoms with Gasteiger partial charge in [-0.05, 0) is 36.4 Å². The summed E-state index contributed by atoms with van der Waals surface area (Å²) in [6.07, 6.45) is -6.58. The maximum atomic E-state index is 13.1. The van der Waals surface area contributed by atoms with Gasteiger partial charge in [-0.25, -0.2) is 14.8 Å². The summed E-state index contributed by atoms with van der Waals surface area (Å²) in [7, 11) is 2.82. The summed E-state index contributed by atoms with van der Waals surface area (Å²) in [5.41, 5.74) is -0.603. The summed E-state index contributed by atoms with van der Waals surface area (Å²) in [6.45, 7) is 0. The van der Waals surface area contributed by atoms with Crippen LogP contribution in [-0.2, 0) is 10.9 Å². The van der Waals surface area contributed by atoms with Crippen molar-refractivity contribution in [3.05, 3.63) is 57.6 Å². The van der Waals surface area contributed by atoms with Gasteiger partial charge in [0.05, 0.1) is 12.7 Å². The summed E-state index contributed by atoms with van der Waals surface area (Å²) >= 11 is 12.2. The van der Waals surface area contributed by atoms with Crippen LogP contribution in [0.15, 0.2) is 36.4 Å². The normalized spacial score (nSPS) is 17.3. The minimum atomic E-state index is -4.58. The number of nitrogens with zero attached hydrogens (tertiary/aromatic N) is 2. The van der Waals surface area contributed by atoms with Gasteiger partial charge in [-0.3, -0.25) is 0 Å². The first-order valence-electron chi connectivity index (χ1n) is 7.57. The second kappa shape index (κ2) is 7.01. The third-order valence-corrected chi connectivity index (χ3v) is 4.58. The van der Waals surface area contributed by atoms with Crippen molar-refractivity contribution in [3.8, 4) is 5.75 Å². The molecule has 1 amide bonds. The lowest BCUT2D eigenvalue weighted by atomic mass is 10.1. The number of anilines is 1. The fourth-order valence-corrected chi connectivity index (χ4v) is 3.08. The van der Waals surface area contributed by atoms with Gasteiger partial charge in [-0.15, -0.1) is 0 Å². The highest BCUT2D eigenvalue weighted by molar-refractivity contribution is 6.31. The topological polar surface area (TPSA) is 42.0 Å². The Labute approximate surface area is 162 Å². The number of cyclic esters (lactones) is 1. The van der Waals surface area contributed by atoms with Crippen molar-refractivity contribution in [1.82, 2.24) is 5.01 Å². The van der Waals surface area contributed by atoms with Crippen LogP contribution >= 0.6 is 23.2 Å². The Morgan fingerprint density at radius 1 is 1.15 bits per heavy atom. The summed E-state index contributed by atoms with van der Waals surface area (Å²) in [6, 6.07) is 7.47. The molecule has 0 spiro atoms. The number of hydrazine groups is 1. The van der Waals surface area contributed by atoms with Crippen LogP contribution in [0.25, 0.3) is 0 Å². The van der Waals surface area contributed by atoms with E-state index >= 15 is 0 Å². The number of alkyl halides is 3. The van der Waals surface area contributed by atoms with Gasteiger partial charge in [0.2, 0.25) is 6.23 Å². The second-order valence-corrected chi connectivity index (χ2v) is 6.50. The maximum Gasteiger partial charge on any atom is 0.430 e. The molecule has 0 aliphatic carbocycles. The number of halogens is 5. The van der Waals surface area contributed by atoms with Crippen molar-refractivity contribution in [1.29, 1.82) is 0 Å². The van der Waals surface area contributed by atoms with Gasteiger partial charge in [0.15, 0.2) is 0 Å². The Morgan fingerprint density at radius 2 is 1.85 bits per heavy atom. The Morgan fingerprint density at radius 3 is 2.48 bits per heavy atom. The van der Waals surface area contributed by atoms with Gasteiger partial charge >= 0.3 is 12.3 Å². The number of carbonyl (C=O) groups is 1. The predicted octanol–water partition coefficient (Wildman–Crippen LogP) is 5.52. The number of amides is 1. The number of rotatable bonds is 3. The van der Waals surface area contributed by atoms with E-state index < -0.39 is 24.1 Å². The predicted molar refractivity (Wildman–Crippen MR) is 93.9 cm³/mol. The quantitative estimate of drug-likeness (QED) is 0.655. The van der Waals surface area contributed by atoms with E-state index in [4.69, 9.17) is 32.7 Å². The molecule has 1 aliphatic rings. The van der Waals surface area contributed by atoms with Crippen molar-refractivity contribution < 1.29 is 27.4 Å². The number of hydrogen-bond donors (Lipinski definition) is 0. The van der Waals surface area contributed by atoms with Crippen LogP contribution in [0.2, 0.25) is 10.0 Å². The van der Waals surface area contributed by atoms with Gasteiger partial charge in [0, 0.05) is 22.7 Å². The Kier molecular flexibility index (Phi) is 5.05. The van der Waals surface area contributed by atoms with E-state index in [1.807, 2.05) is 0 Å². The molecule has 0 saturated carbocycles. The molecule has 1 saturated heterocycles. The van der Waals surface area contributed by atoms with Crippen molar-refractivity contribution in [2.45, 2.75) is 12.4 Å². The Hall–Kier alpha value is -2.32. The van der Waals surface area contributed by atoms with E-state index in [1.165, 1.54) is 25.2 Å². The van der Waals surface area contributed by atoms with Crippen molar-refractivity contribution in [3.63, 3.8) is 0 Å². The van der Waals surface area contributed by atoms with Gasteiger partial charge in [-0.1, -0.05) is 23.2 Å². The van der Waals surface area contributed by atoms with Gasteiger partial charge in [0.1, 0.15) is 11.4 Å². The van der Waals surface area contributed by atoms with Crippen LogP contribution in [0.4, 0.5) is 23.7 Å². The highest BCUT2D eigenvalue weighted by Crippen LogP contribution is 2.44. The number of benzene rings is 2. The smallest absolute Gasteiger partial charge is 0.430 e. The minimum absolute atomic E-state index is 0.0158. The van der Waals surface area contributed by atoms with Crippen molar-refractivity contribution >= 4 is 35.0 Å². The van der Waals surface area contributed by atoms with E-state index in [9.17, 15) is 18.0 Å². The third-order valence-electron chi connectivity index (χ3n) is 4.00. The molecule has 5 nitrogen and oxygen atoms in total. The van der Waals surface area contributed by atoms with Crippen molar-refractivity contribution in [2.24, 2.45) is 0 Å². The zero-order chi connectivity index (χ0) is 19.9. The molecule has 1 aliphatic heterocycles. The van der Waals surface area contributed by atoms with E-state index in [-0.39, 0.29) is 10.6 Å². The lowest BCUT2D eigenvalue weighted by Crippen LogP contribution is -2.36. The monoisotopic (exact) mass is 420 g/mol. The summed E-state index contributed by atoms with van der Waals surface area (Å²) in [5.74, 6) is 0.345. The average Bonchev–Trinajstić information content (AvgIpc) is 2.89. The van der Waals surface area contributed by atoms with E-state index in [0.29, 0.717) is 16.5 Å². The Bertz CT molecular complexity index is 892. The van der Waals surface area contributed by atoms with Crippen molar-refractivity contribution in [2.75, 3.05) is 19.2 Å².